The lowest BCUT2D eigenvalue weighted by Crippen LogP contribution is -2.21. The molecular formula is C11H13N3O3. The van der Waals surface area contributed by atoms with E-state index in [1.807, 2.05) is 13.1 Å². The highest BCUT2D eigenvalue weighted by Gasteiger charge is 2.10. The standard InChI is InChI=1S/C11H13N3O3/c1-7-5-9(15)14(4-3-10(16)17)11-8(7)6-13(2)12-11/h5-6H,3-4H2,1-2H3,(H,16,17). The second-order valence-electron chi connectivity index (χ2n) is 4.00. The van der Waals surface area contributed by atoms with Crippen LogP contribution in [-0.4, -0.2) is 25.4 Å². The molecule has 2 aromatic heterocycles. The van der Waals surface area contributed by atoms with Crippen LogP contribution in [-0.2, 0) is 18.4 Å². The lowest BCUT2D eigenvalue weighted by molar-refractivity contribution is -0.137. The molecule has 0 atom stereocenters. The van der Waals surface area contributed by atoms with Crippen molar-refractivity contribution < 1.29 is 9.90 Å². The van der Waals surface area contributed by atoms with Gasteiger partial charge in [-0.05, 0) is 12.5 Å². The number of carbonyl (C=O) groups is 1. The Labute approximate surface area is 97.1 Å². The fraction of sp³-hybridized carbons (Fsp3) is 0.364. The summed E-state index contributed by atoms with van der Waals surface area (Å²) in [5, 5.41) is 13.7. The van der Waals surface area contributed by atoms with E-state index >= 15 is 0 Å². The van der Waals surface area contributed by atoms with Gasteiger partial charge in [0.05, 0.1) is 6.42 Å². The van der Waals surface area contributed by atoms with E-state index in [0.717, 1.165) is 10.9 Å². The summed E-state index contributed by atoms with van der Waals surface area (Å²) in [5.74, 6) is -0.929. The summed E-state index contributed by atoms with van der Waals surface area (Å²) in [6.45, 7) is 1.98. The van der Waals surface area contributed by atoms with E-state index in [9.17, 15) is 9.59 Å². The zero-order valence-electron chi connectivity index (χ0n) is 9.67. The van der Waals surface area contributed by atoms with Crippen molar-refractivity contribution in [1.82, 2.24) is 14.3 Å². The Morgan fingerprint density at radius 1 is 1.53 bits per heavy atom. The summed E-state index contributed by atoms with van der Waals surface area (Å²) in [7, 11) is 1.77. The first kappa shape index (κ1) is 11.4. The van der Waals surface area contributed by atoms with E-state index in [0.29, 0.717) is 5.65 Å². The van der Waals surface area contributed by atoms with Crippen LogP contribution in [0.15, 0.2) is 17.1 Å². The van der Waals surface area contributed by atoms with Gasteiger partial charge in [0.25, 0.3) is 5.56 Å². The Hall–Kier alpha value is -2.11. The largest absolute Gasteiger partial charge is 0.481 e. The molecule has 90 valence electrons. The van der Waals surface area contributed by atoms with Gasteiger partial charge in [0.15, 0.2) is 5.65 Å². The summed E-state index contributed by atoms with van der Waals surface area (Å²) >= 11 is 0. The second-order valence-corrected chi connectivity index (χ2v) is 4.00. The van der Waals surface area contributed by atoms with Crippen LogP contribution in [0.5, 0.6) is 0 Å². The van der Waals surface area contributed by atoms with Gasteiger partial charge in [0, 0.05) is 31.2 Å². The third-order valence-electron chi connectivity index (χ3n) is 2.65. The van der Waals surface area contributed by atoms with Crippen LogP contribution >= 0.6 is 0 Å². The molecule has 0 aliphatic heterocycles. The predicted molar refractivity (Wildman–Crippen MR) is 62.0 cm³/mol. The Bertz CT molecular complexity index is 639. The third-order valence-corrected chi connectivity index (χ3v) is 2.65. The van der Waals surface area contributed by atoms with Crippen LogP contribution in [0.25, 0.3) is 11.0 Å². The molecule has 2 aromatic rings. The molecule has 0 aliphatic rings. The molecule has 0 saturated carbocycles. The number of hydrogen-bond acceptors (Lipinski definition) is 3. The molecule has 2 rings (SSSR count). The van der Waals surface area contributed by atoms with E-state index in [1.54, 1.807) is 11.7 Å². The Morgan fingerprint density at radius 2 is 2.24 bits per heavy atom. The van der Waals surface area contributed by atoms with Gasteiger partial charge in [0.1, 0.15) is 0 Å². The molecule has 0 fully saturated rings. The molecule has 6 nitrogen and oxygen atoms in total. The summed E-state index contributed by atoms with van der Waals surface area (Å²) < 4.78 is 3.02. The minimum Gasteiger partial charge on any atom is -0.481 e. The van der Waals surface area contributed by atoms with E-state index in [-0.39, 0.29) is 18.5 Å². The highest BCUT2D eigenvalue weighted by atomic mass is 16.4. The van der Waals surface area contributed by atoms with E-state index in [4.69, 9.17) is 5.11 Å². The number of pyridine rings is 1. The molecule has 1 N–H and O–H groups in total. The zero-order valence-corrected chi connectivity index (χ0v) is 9.67. The van der Waals surface area contributed by atoms with Gasteiger partial charge >= 0.3 is 5.97 Å². The number of carboxylic acid groups (broad SMARTS) is 1. The molecule has 17 heavy (non-hydrogen) atoms. The molecule has 6 heteroatoms. The van der Waals surface area contributed by atoms with Crippen LogP contribution in [0.3, 0.4) is 0 Å². The average Bonchev–Trinajstić information content (AvgIpc) is 2.59. The summed E-state index contributed by atoms with van der Waals surface area (Å²) in [6, 6.07) is 1.51. The van der Waals surface area contributed by atoms with Crippen LogP contribution < -0.4 is 5.56 Å². The smallest absolute Gasteiger partial charge is 0.305 e. The third kappa shape index (κ3) is 2.06. The van der Waals surface area contributed by atoms with Gasteiger partial charge in [-0.2, -0.15) is 5.10 Å². The van der Waals surface area contributed by atoms with Crippen molar-refractivity contribution in [3.63, 3.8) is 0 Å². The van der Waals surface area contributed by atoms with Crippen LogP contribution in [0.2, 0.25) is 0 Å². The van der Waals surface area contributed by atoms with Gasteiger partial charge in [0.2, 0.25) is 0 Å². The summed E-state index contributed by atoms with van der Waals surface area (Å²) in [5.41, 5.74) is 1.18. The monoisotopic (exact) mass is 235 g/mol. The van der Waals surface area contributed by atoms with E-state index < -0.39 is 5.97 Å². The number of rotatable bonds is 3. The van der Waals surface area contributed by atoms with Crippen molar-refractivity contribution in [2.24, 2.45) is 7.05 Å². The van der Waals surface area contributed by atoms with Gasteiger partial charge in [-0.1, -0.05) is 0 Å². The van der Waals surface area contributed by atoms with Crippen molar-refractivity contribution in [2.75, 3.05) is 0 Å². The minimum absolute atomic E-state index is 0.0886. The van der Waals surface area contributed by atoms with E-state index in [1.165, 1.54) is 10.6 Å². The van der Waals surface area contributed by atoms with Gasteiger partial charge in [-0.3, -0.25) is 18.8 Å². The number of nitrogens with zero attached hydrogens (tertiary/aromatic N) is 3. The molecular weight excluding hydrogens is 222 g/mol. The minimum atomic E-state index is -0.929. The first-order valence-electron chi connectivity index (χ1n) is 5.24. The Balaban J connectivity index is 2.60. The maximum absolute atomic E-state index is 11.8. The molecule has 0 bridgehead atoms. The van der Waals surface area contributed by atoms with Crippen molar-refractivity contribution in [1.29, 1.82) is 0 Å². The van der Waals surface area contributed by atoms with Crippen LogP contribution in [0.1, 0.15) is 12.0 Å². The number of aryl methyl sites for hydroxylation is 3. The number of aromatic nitrogens is 3. The fourth-order valence-corrected chi connectivity index (χ4v) is 1.82. The number of carboxylic acids is 1. The topological polar surface area (TPSA) is 77.1 Å². The molecule has 0 spiro atoms. The predicted octanol–water partition coefficient (Wildman–Crippen LogP) is 0.518. The molecule has 0 aromatic carbocycles. The number of fused-ring (bicyclic) bond motifs is 1. The summed E-state index contributed by atoms with van der Waals surface area (Å²) in [6.07, 6.45) is 1.73. The summed E-state index contributed by atoms with van der Waals surface area (Å²) in [4.78, 5) is 22.3. The lowest BCUT2D eigenvalue weighted by Gasteiger charge is -2.05. The van der Waals surface area contributed by atoms with Crippen LogP contribution in [0.4, 0.5) is 0 Å². The highest BCUT2D eigenvalue weighted by molar-refractivity contribution is 5.78. The molecule has 0 radical (unpaired) electrons. The highest BCUT2D eigenvalue weighted by Crippen LogP contribution is 2.14. The van der Waals surface area contributed by atoms with Crippen molar-refractivity contribution in [3.05, 3.63) is 28.2 Å². The zero-order chi connectivity index (χ0) is 12.6. The maximum Gasteiger partial charge on any atom is 0.305 e. The van der Waals surface area contributed by atoms with E-state index in [2.05, 4.69) is 5.10 Å². The molecule has 2 heterocycles. The lowest BCUT2D eigenvalue weighted by atomic mass is 10.2. The first-order chi connectivity index (χ1) is 7.99. The maximum atomic E-state index is 11.8. The Kier molecular flexibility index (Phi) is 2.71. The normalized spacial score (nSPS) is 10.9. The van der Waals surface area contributed by atoms with Crippen molar-refractivity contribution >= 4 is 17.0 Å². The van der Waals surface area contributed by atoms with Crippen molar-refractivity contribution in [2.45, 2.75) is 19.9 Å². The Morgan fingerprint density at radius 3 is 2.88 bits per heavy atom. The van der Waals surface area contributed by atoms with Gasteiger partial charge in [-0.15, -0.1) is 0 Å². The molecule has 0 aliphatic carbocycles. The van der Waals surface area contributed by atoms with Gasteiger partial charge in [-0.25, -0.2) is 0 Å². The average molecular weight is 235 g/mol. The first-order valence-corrected chi connectivity index (χ1v) is 5.24. The second kappa shape index (κ2) is 4.04. The van der Waals surface area contributed by atoms with Crippen LogP contribution in [0, 0.1) is 6.92 Å². The number of aliphatic carboxylic acids is 1. The fourth-order valence-electron chi connectivity index (χ4n) is 1.82. The molecule has 0 unspecified atom stereocenters. The van der Waals surface area contributed by atoms with Gasteiger partial charge < -0.3 is 5.11 Å². The van der Waals surface area contributed by atoms with Crippen molar-refractivity contribution in [3.8, 4) is 0 Å². The quantitative estimate of drug-likeness (QED) is 0.841. The number of hydrogen-bond donors (Lipinski definition) is 1. The molecule has 0 amide bonds. The molecule has 0 saturated heterocycles. The SMILES string of the molecule is Cc1cc(=O)n(CCC(=O)O)c2nn(C)cc12.